The maximum atomic E-state index is 12.1. The van der Waals surface area contributed by atoms with Gasteiger partial charge in [0, 0.05) is 22.3 Å². The standard InChI is InChI=1S/C25H22Cl2N4O5/c1-35-21-7-5-16(6-8-21)13-28-24(33)25(34)31-29-14-17-3-2-4-22(9-17)36-15-23(32)30-20-11-18(26)10-19(27)12-20/h2-12,14H,13,15H2,1H3,(H,28,33)(H,30,32)(H,31,34)/b29-14-. The molecule has 9 nitrogen and oxygen atoms in total. The average molecular weight is 529 g/mol. The van der Waals surface area contributed by atoms with Crippen molar-refractivity contribution in [3.63, 3.8) is 0 Å². The van der Waals surface area contributed by atoms with E-state index in [4.69, 9.17) is 32.7 Å². The normalized spacial score (nSPS) is 10.5. The van der Waals surface area contributed by atoms with Crippen molar-refractivity contribution in [3.05, 3.63) is 87.9 Å². The second-order valence-electron chi connectivity index (χ2n) is 7.30. The van der Waals surface area contributed by atoms with Crippen LogP contribution in [0.4, 0.5) is 5.69 Å². The van der Waals surface area contributed by atoms with Gasteiger partial charge in [0.15, 0.2) is 6.61 Å². The van der Waals surface area contributed by atoms with Gasteiger partial charge in [-0.1, -0.05) is 47.5 Å². The van der Waals surface area contributed by atoms with Crippen LogP contribution in [0.3, 0.4) is 0 Å². The van der Waals surface area contributed by atoms with Gasteiger partial charge in [-0.05, 0) is 53.6 Å². The number of benzene rings is 3. The molecule has 0 aromatic heterocycles. The molecule has 0 aliphatic carbocycles. The fourth-order valence-electron chi connectivity index (χ4n) is 2.88. The van der Waals surface area contributed by atoms with E-state index in [2.05, 4.69) is 21.2 Å². The molecular weight excluding hydrogens is 507 g/mol. The zero-order valence-corrected chi connectivity index (χ0v) is 20.6. The number of ether oxygens (including phenoxy) is 2. The Kier molecular flexibility index (Phi) is 9.67. The van der Waals surface area contributed by atoms with Gasteiger partial charge in [-0.15, -0.1) is 0 Å². The summed E-state index contributed by atoms with van der Waals surface area (Å²) in [5.41, 5.74) is 4.00. The summed E-state index contributed by atoms with van der Waals surface area (Å²) in [5, 5.41) is 9.73. The van der Waals surface area contributed by atoms with Gasteiger partial charge in [0.1, 0.15) is 11.5 Å². The number of rotatable bonds is 9. The Labute approximate surface area is 217 Å². The molecule has 0 saturated heterocycles. The minimum Gasteiger partial charge on any atom is -0.497 e. The van der Waals surface area contributed by atoms with Gasteiger partial charge < -0.3 is 20.1 Å². The molecule has 0 aliphatic rings. The van der Waals surface area contributed by atoms with Crippen LogP contribution in [0.1, 0.15) is 11.1 Å². The van der Waals surface area contributed by atoms with Crippen LogP contribution in [-0.4, -0.2) is 37.7 Å². The van der Waals surface area contributed by atoms with E-state index in [1.807, 2.05) is 0 Å². The number of methoxy groups -OCH3 is 1. The summed E-state index contributed by atoms with van der Waals surface area (Å²) in [6.07, 6.45) is 1.34. The maximum absolute atomic E-state index is 12.1. The van der Waals surface area contributed by atoms with Gasteiger partial charge in [0.2, 0.25) is 0 Å². The molecule has 0 radical (unpaired) electrons. The summed E-state index contributed by atoms with van der Waals surface area (Å²) in [5.74, 6) is -1.04. The predicted molar refractivity (Wildman–Crippen MR) is 138 cm³/mol. The Hall–Kier alpha value is -4.08. The van der Waals surface area contributed by atoms with Crippen molar-refractivity contribution in [1.29, 1.82) is 0 Å². The van der Waals surface area contributed by atoms with Gasteiger partial charge in [0.05, 0.1) is 13.3 Å². The monoisotopic (exact) mass is 528 g/mol. The summed E-state index contributed by atoms with van der Waals surface area (Å²) in [6.45, 7) is -0.0763. The first kappa shape index (κ1) is 26.5. The molecular formula is C25H22Cl2N4O5. The Balaban J connectivity index is 1.44. The van der Waals surface area contributed by atoms with E-state index in [1.165, 1.54) is 6.21 Å². The zero-order valence-electron chi connectivity index (χ0n) is 19.1. The van der Waals surface area contributed by atoms with Crippen molar-refractivity contribution < 1.29 is 23.9 Å². The smallest absolute Gasteiger partial charge is 0.329 e. The van der Waals surface area contributed by atoms with E-state index in [1.54, 1.807) is 73.8 Å². The zero-order chi connectivity index (χ0) is 25.9. The van der Waals surface area contributed by atoms with Crippen molar-refractivity contribution >= 4 is 52.8 Å². The molecule has 3 aromatic carbocycles. The number of hydrazone groups is 1. The van der Waals surface area contributed by atoms with Gasteiger partial charge in [-0.25, -0.2) is 5.43 Å². The predicted octanol–water partition coefficient (Wildman–Crippen LogP) is 3.79. The van der Waals surface area contributed by atoms with Crippen molar-refractivity contribution in [3.8, 4) is 11.5 Å². The van der Waals surface area contributed by atoms with Gasteiger partial charge in [0.25, 0.3) is 5.91 Å². The van der Waals surface area contributed by atoms with Crippen molar-refractivity contribution in [2.75, 3.05) is 19.0 Å². The molecule has 0 aliphatic heterocycles. The minimum atomic E-state index is -0.912. The van der Waals surface area contributed by atoms with Crippen molar-refractivity contribution in [2.24, 2.45) is 5.10 Å². The molecule has 0 spiro atoms. The van der Waals surface area contributed by atoms with E-state index in [0.29, 0.717) is 32.8 Å². The molecule has 3 N–H and O–H groups in total. The molecule has 3 amide bonds. The highest BCUT2D eigenvalue weighted by Crippen LogP contribution is 2.22. The lowest BCUT2D eigenvalue weighted by Crippen LogP contribution is -2.37. The SMILES string of the molecule is COc1ccc(CNC(=O)C(=O)N/N=C\c2cccc(OCC(=O)Nc3cc(Cl)cc(Cl)c3)c2)cc1. The largest absolute Gasteiger partial charge is 0.497 e. The third-order valence-corrected chi connectivity index (χ3v) is 5.01. The van der Waals surface area contributed by atoms with Crippen LogP contribution in [-0.2, 0) is 20.9 Å². The number of hydrogen-bond acceptors (Lipinski definition) is 6. The maximum Gasteiger partial charge on any atom is 0.329 e. The fourth-order valence-corrected chi connectivity index (χ4v) is 3.40. The molecule has 0 saturated carbocycles. The van der Waals surface area contributed by atoms with E-state index in [-0.39, 0.29) is 13.2 Å². The van der Waals surface area contributed by atoms with Crippen LogP contribution in [0.25, 0.3) is 0 Å². The molecule has 0 fully saturated rings. The molecule has 11 heteroatoms. The minimum absolute atomic E-state index is 0.178. The molecule has 0 bridgehead atoms. The Morgan fingerprint density at radius 2 is 1.64 bits per heavy atom. The number of nitrogens with one attached hydrogen (secondary N) is 3. The number of amides is 3. The Bertz CT molecular complexity index is 1250. The van der Waals surface area contributed by atoms with E-state index < -0.39 is 17.7 Å². The van der Waals surface area contributed by atoms with E-state index >= 15 is 0 Å². The molecule has 0 atom stereocenters. The third kappa shape index (κ3) is 8.61. The topological polar surface area (TPSA) is 118 Å². The van der Waals surface area contributed by atoms with Crippen LogP contribution in [0.5, 0.6) is 11.5 Å². The highest BCUT2D eigenvalue weighted by molar-refractivity contribution is 6.35. The van der Waals surface area contributed by atoms with E-state index in [0.717, 1.165) is 5.56 Å². The summed E-state index contributed by atoms with van der Waals surface area (Å²) in [6, 6.07) is 18.4. The Morgan fingerprint density at radius 3 is 2.33 bits per heavy atom. The van der Waals surface area contributed by atoms with Gasteiger partial charge in [-0.3, -0.25) is 14.4 Å². The Morgan fingerprint density at radius 1 is 0.917 bits per heavy atom. The average Bonchev–Trinajstić information content (AvgIpc) is 2.86. The van der Waals surface area contributed by atoms with Crippen LogP contribution in [0.15, 0.2) is 71.8 Å². The van der Waals surface area contributed by atoms with Gasteiger partial charge >= 0.3 is 11.8 Å². The quantitative estimate of drug-likeness (QED) is 0.222. The summed E-state index contributed by atoms with van der Waals surface area (Å²) in [4.78, 5) is 36.0. The highest BCUT2D eigenvalue weighted by Gasteiger charge is 2.12. The lowest BCUT2D eigenvalue weighted by molar-refractivity contribution is -0.139. The third-order valence-electron chi connectivity index (χ3n) is 4.57. The lowest BCUT2D eigenvalue weighted by atomic mass is 10.2. The number of anilines is 1. The van der Waals surface area contributed by atoms with Crippen LogP contribution in [0, 0.1) is 0 Å². The molecule has 3 rings (SSSR count). The molecule has 0 unspecified atom stereocenters. The highest BCUT2D eigenvalue weighted by atomic mass is 35.5. The summed E-state index contributed by atoms with van der Waals surface area (Å²) < 4.78 is 10.6. The summed E-state index contributed by atoms with van der Waals surface area (Å²) in [7, 11) is 1.56. The number of hydrogen-bond donors (Lipinski definition) is 3. The second-order valence-corrected chi connectivity index (χ2v) is 8.17. The van der Waals surface area contributed by atoms with Crippen molar-refractivity contribution in [2.45, 2.75) is 6.54 Å². The second kappa shape index (κ2) is 13.1. The number of carbonyl (C=O) groups is 3. The van der Waals surface area contributed by atoms with E-state index in [9.17, 15) is 14.4 Å². The van der Waals surface area contributed by atoms with Crippen LogP contribution in [0.2, 0.25) is 10.0 Å². The first-order valence-corrected chi connectivity index (χ1v) is 11.3. The molecule has 0 heterocycles. The fraction of sp³-hybridized carbons (Fsp3) is 0.120. The van der Waals surface area contributed by atoms with Crippen molar-refractivity contribution in [1.82, 2.24) is 10.7 Å². The number of nitrogens with zero attached hydrogens (tertiary/aromatic N) is 1. The van der Waals surface area contributed by atoms with Crippen LogP contribution < -0.4 is 25.5 Å². The molecule has 3 aromatic rings. The number of halogens is 2. The van der Waals surface area contributed by atoms with Gasteiger partial charge in [-0.2, -0.15) is 5.10 Å². The molecule has 36 heavy (non-hydrogen) atoms. The number of carbonyl (C=O) groups excluding carboxylic acids is 3. The summed E-state index contributed by atoms with van der Waals surface area (Å²) >= 11 is 11.8. The lowest BCUT2D eigenvalue weighted by Gasteiger charge is -2.09. The first-order chi connectivity index (χ1) is 17.3. The van der Waals surface area contributed by atoms with Crippen LogP contribution >= 0.6 is 23.2 Å². The molecule has 186 valence electrons. The first-order valence-electron chi connectivity index (χ1n) is 10.6.